The van der Waals surface area contributed by atoms with E-state index in [4.69, 9.17) is 9.40 Å². The topological polar surface area (TPSA) is 43.1 Å². The van der Waals surface area contributed by atoms with Gasteiger partial charge in [0, 0.05) is 48.4 Å². The molecule has 0 fully saturated rings. The number of pyridine rings is 1. The van der Waals surface area contributed by atoms with Gasteiger partial charge in [-0.05, 0) is 41.5 Å². The van der Waals surface area contributed by atoms with E-state index in [0.717, 1.165) is 81.9 Å². The third-order valence-electron chi connectivity index (χ3n) is 9.15. The van der Waals surface area contributed by atoms with Gasteiger partial charge in [0.2, 0.25) is 0 Å². The SMILES string of the molecule is O=P(c1ccccc1)(c1ccccc1)c1ccc(-c2ccc3nc(-c4ccccc4)c4ccc5oc6ccccc6c5c4c3c2)cc1. The molecule has 0 bridgehead atoms. The van der Waals surface area contributed by atoms with Crippen LogP contribution in [-0.4, -0.2) is 4.98 Å². The van der Waals surface area contributed by atoms with Gasteiger partial charge < -0.3 is 8.98 Å². The molecule has 2 heterocycles. The van der Waals surface area contributed by atoms with Crippen molar-refractivity contribution in [2.75, 3.05) is 0 Å². The van der Waals surface area contributed by atoms with Crippen LogP contribution in [0.3, 0.4) is 0 Å². The van der Waals surface area contributed by atoms with Crippen molar-refractivity contribution in [1.82, 2.24) is 4.98 Å². The first-order valence-electron chi connectivity index (χ1n) is 15.7. The van der Waals surface area contributed by atoms with Crippen molar-refractivity contribution < 1.29 is 8.98 Å². The molecule has 3 nitrogen and oxygen atoms in total. The fourth-order valence-electron chi connectivity index (χ4n) is 6.89. The fourth-order valence-corrected chi connectivity index (χ4v) is 9.54. The number of benzene rings is 7. The number of fused-ring (bicyclic) bond motifs is 7. The number of hydrogen-bond donors (Lipinski definition) is 0. The first-order valence-corrected chi connectivity index (χ1v) is 17.4. The van der Waals surface area contributed by atoms with Gasteiger partial charge in [-0.15, -0.1) is 0 Å². The lowest BCUT2D eigenvalue weighted by molar-refractivity contribution is 0.592. The molecule has 0 unspecified atom stereocenters. The third kappa shape index (κ3) is 4.43. The molecule has 4 heteroatoms. The van der Waals surface area contributed by atoms with E-state index >= 15 is 0 Å². The van der Waals surface area contributed by atoms with E-state index in [1.54, 1.807) is 0 Å². The quantitative estimate of drug-likeness (QED) is 0.142. The molecular formula is C43H28NO2P. The molecule has 0 atom stereocenters. The van der Waals surface area contributed by atoms with Crippen LogP contribution >= 0.6 is 7.14 Å². The van der Waals surface area contributed by atoms with Gasteiger partial charge in [0.15, 0.2) is 7.14 Å². The van der Waals surface area contributed by atoms with E-state index in [-0.39, 0.29) is 0 Å². The van der Waals surface area contributed by atoms with Gasteiger partial charge in [-0.2, -0.15) is 0 Å². The fraction of sp³-hybridized carbons (Fsp3) is 0. The second-order valence-electron chi connectivity index (χ2n) is 11.8. The lowest BCUT2D eigenvalue weighted by Crippen LogP contribution is -2.24. The Morgan fingerprint density at radius 1 is 0.426 bits per heavy atom. The number of para-hydroxylation sites is 1. The molecule has 0 amide bonds. The van der Waals surface area contributed by atoms with Crippen molar-refractivity contribution in [3.05, 3.63) is 170 Å². The van der Waals surface area contributed by atoms with Gasteiger partial charge in [0.25, 0.3) is 0 Å². The number of rotatable bonds is 5. The Morgan fingerprint density at radius 2 is 1.02 bits per heavy atom. The Bertz CT molecular complexity index is 2590. The molecule has 0 saturated carbocycles. The van der Waals surface area contributed by atoms with Crippen molar-refractivity contribution in [2.24, 2.45) is 0 Å². The standard InChI is InChI=1S/C43H28NO2P/c45-47(32-14-6-2-7-15-32,33-16-8-3-9-17-33)34-23-20-29(21-24-34)31-22-26-38-37(28-31)41-36(43(44-38)30-12-4-1-5-13-30)25-27-40-42(41)35-18-10-11-19-39(35)46-40/h1-28H. The zero-order chi connectivity index (χ0) is 31.4. The predicted molar refractivity (Wildman–Crippen MR) is 197 cm³/mol. The second kappa shape index (κ2) is 10.9. The molecule has 222 valence electrons. The molecule has 0 aliphatic rings. The number of furan rings is 1. The summed E-state index contributed by atoms with van der Waals surface area (Å²) in [5.74, 6) is 0. The highest BCUT2D eigenvalue weighted by Gasteiger charge is 2.29. The summed E-state index contributed by atoms with van der Waals surface area (Å²) in [6, 6.07) is 57.1. The summed E-state index contributed by atoms with van der Waals surface area (Å²) in [5.41, 5.74) is 6.80. The van der Waals surface area contributed by atoms with Crippen molar-refractivity contribution >= 4 is 66.7 Å². The normalized spacial score (nSPS) is 11.9. The summed E-state index contributed by atoms with van der Waals surface area (Å²) in [7, 11) is -3.06. The lowest BCUT2D eigenvalue weighted by atomic mass is 9.94. The van der Waals surface area contributed by atoms with Gasteiger partial charge in [0.1, 0.15) is 11.2 Å². The summed E-state index contributed by atoms with van der Waals surface area (Å²) in [4.78, 5) is 5.23. The third-order valence-corrected chi connectivity index (χ3v) is 12.2. The molecule has 7 aromatic carbocycles. The molecule has 47 heavy (non-hydrogen) atoms. The zero-order valence-corrected chi connectivity index (χ0v) is 26.3. The summed E-state index contributed by atoms with van der Waals surface area (Å²) < 4.78 is 21.3. The van der Waals surface area contributed by atoms with E-state index < -0.39 is 7.14 Å². The van der Waals surface area contributed by atoms with Gasteiger partial charge in [-0.3, -0.25) is 0 Å². The van der Waals surface area contributed by atoms with Gasteiger partial charge in [-0.1, -0.05) is 140 Å². The molecule has 0 aliphatic heterocycles. The van der Waals surface area contributed by atoms with Crippen LogP contribution < -0.4 is 15.9 Å². The van der Waals surface area contributed by atoms with E-state index in [1.807, 2.05) is 91.0 Å². The summed E-state index contributed by atoms with van der Waals surface area (Å²) in [6.45, 7) is 0. The number of aromatic nitrogens is 1. The smallest absolute Gasteiger partial charge is 0.171 e. The maximum atomic E-state index is 14.9. The second-order valence-corrected chi connectivity index (χ2v) is 14.6. The largest absolute Gasteiger partial charge is 0.456 e. The van der Waals surface area contributed by atoms with Crippen LogP contribution in [0, 0.1) is 0 Å². The first-order chi connectivity index (χ1) is 23.2. The zero-order valence-electron chi connectivity index (χ0n) is 25.4. The van der Waals surface area contributed by atoms with E-state index in [2.05, 4.69) is 78.9 Å². The Morgan fingerprint density at radius 3 is 1.72 bits per heavy atom. The first kappa shape index (κ1) is 27.5. The molecule has 0 spiro atoms. The van der Waals surface area contributed by atoms with Crippen LogP contribution in [0.5, 0.6) is 0 Å². The van der Waals surface area contributed by atoms with Crippen LogP contribution in [0.25, 0.3) is 66.0 Å². The molecule has 0 saturated heterocycles. The predicted octanol–water partition coefficient (Wildman–Crippen LogP) is 10.3. The van der Waals surface area contributed by atoms with Crippen LogP contribution in [0.2, 0.25) is 0 Å². The van der Waals surface area contributed by atoms with Crippen LogP contribution in [0.4, 0.5) is 0 Å². The molecule has 9 aromatic rings. The van der Waals surface area contributed by atoms with Crippen LogP contribution in [-0.2, 0) is 4.57 Å². The molecule has 0 radical (unpaired) electrons. The maximum absolute atomic E-state index is 14.9. The van der Waals surface area contributed by atoms with Crippen molar-refractivity contribution in [3.63, 3.8) is 0 Å². The van der Waals surface area contributed by atoms with E-state index in [0.29, 0.717) is 0 Å². The summed E-state index contributed by atoms with van der Waals surface area (Å²) in [6.07, 6.45) is 0. The highest BCUT2D eigenvalue weighted by atomic mass is 31.2. The molecule has 2 aromatic heterocycles. The summed E-state index contributed by atoms with van der Waals surface area (Å²) in [5, 5.41) is 7.94. The van der Waals surface area contributed by atoms with Gasteiger partial charge >= 0.3 is 0 Å². The Hall–Kier alpha value is -5.76. The van der Waals surface area contributed by atoms with Gasteiger partial charge in [-0.25, -0.2) is 4.98 Å². The molecular weight excluding hydrogens is 593 g/mol. The lowest BCUT2D eigenvalue weighted by Gasteiger charge is -2.20. The Labute approximate surface area is 272 Å². The minimum atomic E-state index is -3.06. The molecule has 9 rings (SSSR count). The average molecular weight is 622 g/mol. The number of nitrogens with zero attached hydrogens (tertiary/aromatic N) is 1. The summed E-state index contributed by atoms with van der Waals surface area (Å²) >= 11 is 0. The maximum Gasteiger partial charge on any atom is 0.171 e. The monoisotopic (exact) mass is 621 g/mol. The Balaban J connectivity index is 1.25. The highest BCUT2D eigenvalue weighted by molar-refractivity contribution is 7.85. The minimum Gasteiger partial charge on any atom is -0.456 e. The van der Waals surface area contributed by atoms with Crippen LogP contribution in [0.1, 0.15) is 0 Å². The molecule has 0 N–H and O–H groups in total. The van der Waals surface area contributed by atoms with Crippen molar-refractivity contribution in [1.29, 1.82) is 0 Å². The van der Waals surface area contributed by atoms with E-state index in [9.17, 15) is 4.57 Å². The van der Waals surface area contributed by atoms with Crippen molar-refractivity contribution in [3.8, 4) is 22.4 Å². The molecule has 0 aliphatic carbocycles. The van der Waals surface area contributed by atoms with Gasteiger partial charge in [0.05, 0.1) is 11.2 Å². The van der Waals surface area contributed by atoms with E-state index in [1.165, 1.54) is 0 Å². The van der Waals surface area contributed by atoms with Crippen LogP contribution in [0.15, 0.2) is 174 Å². The Kier molecular flexibility index (Phi) is 6.41. The minimum absolute atomic E-state index is 0.811. The number of hydrogen-bond acceptors (Lipinski definition) is 3. The van der Waals surface area contributed by atoms with Crippen molar-refractivity contribution in [2.45, 2.75) is 0 Å². The highest BCUT2D eigenvalue weighted by Crippen LogP contribution is 2.44. The average Bonchev–Trinajstić information content (AvgIpc) is 3.54.